The highest BCUT2D eigenvalue weighted by Gasteiger charge is 2.10. The first-order valence-electron chi connectivity index (χ1n) is 3.28. The Morgan fingerprint density at radius 1 is 1.75 bits per heavy atom. The first-order chi connectivity index (χ1) is 3.93. The normalized spacial score (nSPS) is 30.4. The molecule has 46 valence electrons. The van der Waals surface area contributed by atoms with Crippen molar-refractivity contribution in [2.45, 2.75) is 32.3 Å². The summed E-state index contributed by atoms with van der Waals surface area (Å²) in [6.45, 7) is 3.06. The van der Waals surface area contributed by atoms with Gasteiger partial charge in [0.2, 0.25) is 0 Å². The Labute approximate surface area is 51.0 Å². The van der Waals surface area contributed by atoms with Crippen LogP contribution in [0.15, 0.2) is 0 Å². The van der Waals surface area contributed by atoms with Crippen molar-refractivity contribution >= 4 is 0 Å². The molecule has 1 heterocycles. The number of rotatable bonds is 1. The summed E-state index contributed by atoms with van der Waals surface area (Å²) in [4.78, 5) is 0. The maximum Gasteiger partial charge on any atom is 0.0641 e. The van der Waals surface area contributed by atoms with E-state index in [1.54, 1.807) is 0 Å². The van der Waals surface area contributed by atoms with Crippen molar-refractivity contribution in [2.75, 3.05) is 6.61 Å². The number of hydrogen-bond donors (Lipinski definition) is 0. The predicted octanol–water partition coefficient (Wildman–Crippen LogP) is 1.66. The highest BCUT2D eigenvalue weighted by atomic mass is 16.5. The van der Waals surface area contributed by atoms with Crippen molar-refractivity contribution in [3.8, 4) is 0 Å². The molecule has 0 saturated carbocycles. The summed E-state index contributed by atoms with van der Waals surface area (Å²) >= 11 is 0. The first-order valence-corrected chi connectivity index (χ1v) is 3.28. The largest absolute Gasteiger partial charge is 0.378 e. The Morgan fingerprint density at radius 2 is 2.62 bits per heavy atom. The second-order valence-electron chi connectivity index (χ2n) is 2.08. The minimum atomic E-state index is 0.337. The molecule has 0 aromatic rings. The van der Waals surface area contributed by atoms with Gasteiger partial charge in [0, 0.05) is 13.0 Å². The minimum absolute atomic E-state index is 0.337. The monoisotopic (exact) mass is 112 g/mol. The van der Waals surface area contributed by atoms with Gasteiger partial charge in [0.1, 0.15) is 0 Å². The molecule has 1 aliphatic heterocycles. The van der Waals surface area contributed by atoms with Crippen LogP contribution in [0.3, 0.4) is 0 Å². The van der Waals surface area contributed by atoms with E-state index in [0.29, 0.717) is 6.10 Å². The van der Waals surface area contributed by atoms with Gasteiger partial charge in [0.05, 0.1) is 6.10 Å². The molecule has 0 aromatic heterocycles. The second kappa shape index (κ2) is 3.08. The van der Waals surface area contributed by atoms with Crippen LogP contribution < -0.4 is 0 Å². The molecule has 0 bridgehead atoms. The Hall–Kier alpha value is -0.0400. The van der Waals surface area contributed by atoms with E-state index in [-0.39, 0.29) is 0 Å². The fourth-order valence-electron chi connectivity index (χ4n) is 0.882. The lowest BCUT2D eigenvalue weighted by molar-refractivity contribution is 0.0472. The van der Waals surface area contributed by atoms with Gasteiger partial charge in [-0.05, 0) is 19.3 Å². The lowest BCUT2D eigenvalue weighted by Crippen LogP contribution is -2.18. The van der Waals surface area contributed by atoms with Crippen LogP contribution >= 0.6 is 0 Å². The molecule has 1 rings (SSSR count). The maximum atomic E-state index is 5.32. The fourth-order valence-corrected chi connectivity index (χ4v) is 0.882. The van der Waals surface area contributed by atoms with Gasteiger partial charge in [-0.1, -0.05) is 6.92 Å². The standard InChI is InChI=1S/C7H12O/c1-2-7-5-3-4-6-8-7/h7H,2-4,6H2,1H3. The van der Waals surface area contributed by atoms with Crippen molar-refractivity contribution in [1.82, 2.24) is 0 Å². The average Bonchev–Trinajstić information content (AvgIpc) is 1.90. The molecule has 0 N–H and O–H groups in total. The summed E-state index contributed by atoms with van der Waals surface area (Å²) in [5.41, 5.74) is 0. The van der Waals surface area contributed by atoms with E-state index >= 15 is 0 Å². The zero-order chi connectivity index (χ0) is 5.82. The van der Waals surface area contributed by atoms with Gasteiger partial charge in [-0.15, -0.1) is 0 Å². The van der Waals surface area contributed by atoms with Gasteiger partial charge in [0.15, 0.2) is 0 Å². The molecule has 1 heteroatoms. The van der Waals surface area contributed by atoms with E-state index < -0.39 is 0 Å². The topological polar surface area (TPSA) is 9.23 Å². The highest BCUT2D eigenvalue weighted by Crippen LogP contribution is 2.13. The van der Waals surface area contributed by atoms with Gasteiger partial charge >= 0.3 is 0 Å². The highest BCUT2D eigenvalue weighted by molar-refractivity contribution is 4.78. The van der Waals surface area contributed by atoms with Gasteiger partial charge in [-0.25, -0.2) is 0 Å². The molecule has 1 fully saturated rings. The van der Waals surface area contributed by atoms with Gasteiger partial charge in [-0.2, -0.15) is 0 Å². The summed E-state index contributed by atoms with van der Waals surface area (Å²) in [6, 6.07) is 0. The van der Waals surface area contributed by atoms with Crippen LogP contribution in [0.5, 0.6) is 0 Å². The number of ether oxygens (including phenoxy) is 1. The Balaban J connectivity index is 2.13. The lowest BCUT2D eigenvalue weighted by atomic mass is 10.1. The molecule has 0 spiro atoms. The molecule has 0 aromatic carbocycles. The summed E-state index contributed by atoms with van der Waals surface area (Å²) in [7, 11) is 0. The number of hydrogen-bond acceptors (Lipinski definition) is 1. The smallest absolute Gasteiger partial charge is 0.0641 e. The van der Waals surface area contributed by atoms with Crippen molar-refractivity contribution in [3.05, 3.63) is 6.42 Å². The molecule has 1 aliphatic rings. The van der Waals surface area contributed by atoms with Crippen molar-refractivity contribution < 1.29 is 4.74 Å². The molecular weight excluding hydrogens is 100 g/mol. The van der Waals surface area contributed by atoms with E-state index in [4.69, 9.17) is 4.74 Å². The minimum Gasteiger partial charge on any atom is -0.378 e. The van der Waals surface area contributed by atoms with E-state index in [1.807, 2.05) is 0 Å². The van der Waals surface area contributed by atoms with Gasteiger partial charge < -0.3 is 4.74 Å². The average molecular weight is 112 g/mol. The molecule has 2 radical (unpaired) electrons. The van der Waals surface area contributed by atoms with Crippen LogP contribution in [-0.4, -0.2) is 12.7 Å². The van der Waals surface area contributed by atoms with Crippen molar-refractivity contribution in [1.29, 1.82) is 0 Å². The van der Waals surface area contributed by atoms with Crippen LogP contribution in [-0.2, 0) is 4.74 Å². The van der Waals surface area contributed by atoms with Gasteiger partial charge in [0.25, 0.3) is 0 Å². The summed E-state index contributed by atoms with van der Waals surface area (Å²) in [6.07, 6.45) is 6.95. The van der Waals surface area contributed by atoms with E-state index in [0.717, 1.165) is 25.9 Å². The zero-order valence-corrected chi connectivity index (χ0v) is 5.31. The third kappa shape index (κ3) is 1.48. The Bertz CT molecular complexity index is 55.4. The van der Waals surface area contributed by atoms with Crippen LogP contribution in [0.25, 0.3) is 0 Å². The first kappa shape index (κ1) is 6.09. The van der Waals surface area contributed by atoms with Crippen LogP contribution in [0.1, 0.15) is 26.2 Å². The summed E-state index contributed by atoms with van der Waals surface area (Å²) < 4.78 is 5.32. The lowest BCUT2D eigenvalue weighted by Gasteiger charge is -2.19. The van der Waals surface area contributed by atoms with Crippen LogP contribution in [0.2, 0.25) is 0 Å². The predicted molar refractivity (Wildman–Crippen MR) is 32.5 cm³/mol. The van der Waals surface area contributed by atoms with Crippen LogP contribution in [0.4, 0.5) is 0 Å². The van der Waals surface area contributed by atoms with Crippen molar-refractivity contribution in [2.24, 2.45) is 0 Å². The Kier molecular flexibility index (Phi) is 2.34. The molecular formula is C7H12O. The molecule has 0 amide bonds. The SMILES string of the molecule is CCC1[C]CCCO1. The maximum absolute atomic E-state index is 5.32. The van der Waals surface area contributed by atoms with E-state index in [2.05, 4.69) is 13.3 Å². The zero-order valence-electron chi connectivity index (χ0n) is 5.31. The molecule has 0 aliphatic carbocycles. The summed E-state index contributed by atoms with van der Waals surface area (Å²) in [5.74, 6) is 0. The van der Waals surface area contributed by atoms with Crippen molar-refractivity contribution in [3.63, 3.8) is 0 Å². The fraction of sp³-hybridized carbons (Fsp3) is 0.857. The molecule has 1 atom stereocenters. The van der Waals surface area contributed by atoms with E-state index in [1.165, 1.54) is 0 Å². The third-order valence-electron chi connectivity index (χ3n) is 1.38. The molecule has 1 saturated heterocycles. The molecule has 8 heavy (non-hydrogen) atoms. The van der Waals surface area contributed by atoms with Gasteiger partial charge in [-0.3, -0.25) is 0 Å². The quantitative estimate of drug-likeness (QED) is 0.501. The van der Waals surface area contributed by atoms with E-state index in [9.17, 15) is 0 Å². The Morgan fingerprint density at radius 3 is 3.00 bits per heavy atom. The summed E-state index contributed by atoms with van der Waals surface area (Å²) in [5, 5.41) is 0. The second-order valence-corrected chi connectivity index (χ2v) is 2.08. The molecule has 1 nitrogen and oxygen atoms in total. The molecule has 1 unspecified atom stereocenters. The third-order valence-corrected chi connectivity index (χ3v) is 1.38. The van der Waals surface area contributed by atoms with Crippen LogP contribution in [0, 0.1) is 6.42 Å².